The lowest BCUT2D eigenvalue weighted by Crippen LogP contribution is -2.16. The van der Waals surface area contributed by atoms with Crippen molar-refractivity contribution >= 4 is 5.82 Å². The molecule has 1 fully saturated rings. The summed E-state index contributed by atoms with van der Waals surface area (Å²) in [6.45, 7) is 6.62. The van der Waals surface area contributed by atoms with Gasteiger partial charge in [-0.05, 0) is 20.3 Å². The van der Waals surface area contributed by atoms with E-state index in [0.29, 0.717) is 5.92 Å². The maximum Gasteiger partial charge on any atom is 0.147 e. The third kappa shape index (κ3) is 2.65. The van der Waals surface area contributed by atoms with Crippen molar-refractivity contribution < 1.29 is 4.74 Å². The van der Waals surface area contributed by atoms with E-state index in [-0.39, 0.29) is 0 Å². The van der Waals surface area contributed by atoms with Crippen molar-refractivity contribution in [1.82, 2.24) is 9.97 Å². The number of nitrogens with zero attached hydrogens (tertiary/aromatic N) is 2. The Balaban J connectivity index is 1.94. The predicted octanol–water partition coefficient (Wildman–Crippen LogP) is 1.54. The number of anilines is 1. The van der Waals surface area contributed by atoms with Gasteiger partial charge in [-0.25, -0.2) is 4.98 Å². The number of hydrogen-bond acceptors (Lipinski definition) is 4. The first kappa shape index (κ1) is 10.4. The quantitative estimate of drug-likeness (QED) is 0.816. The highest BCUT2D eigenvalue weighted by Gasteiger charge is 2.15. The van der Waals surface area contributed by atoms with E-state index in [1.165, 1.54) is 0 Å². The fourth-order valence-electron chi connectivity index (χ4n) is 1.69. The van der Waals surface area contributed by atoms with Crippen molar-refractivity contribution in [3.05, 3.63) is 17.6 Å². The molecule has 4 nitrogen and oxygen atoms in total. The van der Waals surface area contributed by atoms with Gasteiger partial charge in [-0.3, -0.25) is 4.98 Å². The average molecular weight is 207 g/mol. The van der Waals surface area contributed by atoms with Crippen LogP contribution in [-0.2, 0) is 4.74 Å². The molecule has 1 aliphatic heterocycles. The summed E-state index contributed by atoms with van der Waals surface area (Å²) in [5, 5.41) is 3.34. The van der Waals surface area contributed by atoms with Gasteiger partial charge >= 0.3 is 0 Å². The Morgan fingerprint density at radius 3 is 3.13 bits per heavy atom. The van der Waals surface area contributed by atoms with Crippen molar-refractivity contribution in [2.24, 2.45) is 5.92 Å². The van der Waals surface area contributed by atoms with Gasteiger partial charge < -0.3 is 10.1 Å². The number of aromatic nitrogens is 2. The normalized spacial score (nSPS) is 20.5. The average Bonchev–Trinajstić information content (AvgIpc) is 2.72. The first-order valence-electron chi connectivity index (χ1n) is 5.37. The summed E-state index contributed by atoms with van der Waals surface area (Å²) in [6, 6.07) is 0. The van der Waals surface area contributed by atoms with Gasteiger partial charge in [-0.1, -0.05) is 0 Å². The van der Waals surface area contributed by atoms with E-state index in [2.05, 4.69) is 15.3 Å². The molecule has 0 radical (unpaired) electrons. The van der Waals surface area contributed by atoms with Crippen molar-refractivity contribution in [1.29, 1.82) is 0 Å². The van der Waals surface area contributed by atoms with Gasteiger partial charge in [0.15, 0.2) is 0 Å². The number of rotatable bonds is 3. The molecule has 0 aliphatic carbocycles. The van der Waals surface area contributed by atoms with Crippen LogP contribution in [0.1, 0.15) is 17.8 Å². The second-order valence-electron chi connectivity index (χ2n) is 4.06. The fourth-order valence-corrected chi connectivity index (χ4v) is 1.69. The van der Waals surface area contributed by atoms with Crippen molar-refractivity contribution in [2.75, 3.05) is 25.1 Å². The molecule has 0 amide bonds. The topological polar surface area (TPSA) is 47.0 Å². The number of ether oxygens (including phenoxy) is 1. The van der Waals surface area contributed by atoms with Crippen molar-refractivity contribution in [3.8, 4) is 0 Å². The molecule has 15 heavy (non-hydrogen) atoms. The van der Waals surface area contributed by atoms with Crippen molar-refractivity contribution in [2.45, 2.75) is 20.3 Å². The summed E-state index contributed by atoms with van der Waals surface area (Å²) in [4.78, 5) is 8.69. The minimum Gasteiger partial charge on any atom is -0.381 e. The molecule has 0 bridgehead atoms. The van der Waals surface area contributed by atoms with Crippen LogP contribution in [0, 0.1) is 19.8 Å². The predicted molar refractivity (Wildman–Crippen MR) is 58.9 cm³/mol. The van der Waals surface area contributed by atoms with Gasteiger partial charge in [-0.15, -0.1) is 0 Å². The molecule has 1 N–H and O–H groups in total. The van der Waals surface area contributed by atoms with E-state index in [1.54, 1.807) is 6.20 Å². The van der Waals surface area contributed by atoms with E-state index in [9.17, 15) is 0 Å². The highest BCUT2D eigenvalue weighted by Crippen LogP contribution is 2.14. The molecule has 1 saturated heterocycles. The van der Waals surface area contributed by atoms with Crippen LogP contribution in [0.2, 0.25) is 0 Å². The highest BCUT2D eigenvalue weighted by atomic mass is 16.5. The molecule has 2 heterocycles. The number of hydrogen-bond donors (Lipinski definition) is 1. The Morgan fingerprint density at radius 2 is 2.40 bits per heavy atom. The largest absolute Gasteiger partial charge is 0.381 e. The minimum absolute atomic E-state index is 0.617. The van der Waals surface area contributed by atoms with E-state index in [0.717, 1.165) is 43.4 Å². The van der Waals surface area contributed by atoms with Crippen LogP contribution >= 0.6 is 0 Å². The fraction of sp³-hybridized carbons (Fsp3) is 0.636. The van der Waals surface area contributed by atoms with Gasteiger partial charge in [0.05, 0.1) is 18.0 Å². The number of aryl methyl sites for hydroxylation is 2. The van der Waals surface area contributed by atoms with Crippen LogP contribution in [0.25, 0.3) is 0 Å². The molecule has 2 rings (SSSR count). The van der Waals surface area contributed by atoms with Gasteiger partial charge in [0.1, 0.15) is 5.82 Å². The SMILES string of the molecule is Cc1cnc(C)c(NCC2CCOC2)n1. The number of nitrogens with one attached hydrogen (secondary N) is 1. The smallest absolute Gasteiger partial charge is 0.147 e. The lowest BCUT2D eigenvalue weighted by Gasteiger charge is -2.11. The van der Waals surface area contributed by atoms with E-state index < -0.39 is 0 Å². The Bertz CT molecular complexity index is 335. The molecule has 1 aliphatic rings. The standard InChI is InChI=1S/C11H17N3O/c1-8-5-12-9(2)11(14-8)13-6-10-3-4-15-7-10/h5,10H,3-4,6-7H2,1-2H3,(H,13,14). The zero-order valence-corrected chi connectivity index (χ0v) is 9.29. The van der Waals surface area contributed by atoms with Crippen LogP contribution in [0.15, 0.2) is 6.20 Å². The van der Waals surface area contributed by atoms with Crippen LogP contribution in [0.4, 0.5) is 5.82 Å². The highest BCUT2D eigenvalue weighted by molar-refractivity contribution is 5.39. The Kier molecular flexibility index (Phi) is 3.16. The molecule has 82 valence electrons. The van der Waals surface area contributed by atoms with E-state index in [4.69, 9.17) is 4.74 Å². The summed E-state index contributed by atoms with van der Waals surface area (Å²) < 4.78 is 5.32. The molecule has 4 heteroatoms. The molecule has 1 aromatic rings. The van der Waals surface area contributed by atoms with Crippen LogP contribution < -0.4 is 5.32 Å². The molecule has 1 atom stereocenters. The van der Waals surface area contributed by atoms with Crippen molar-refractivity contribution in [3.63, 3.8) is 0 Å². The molecular formula is C11H17N3O. The monoisotopic (exact) mass is 207 g/mol. The summed E-state index contributed by atoms with van der Waals surface area (Å²) in [7, 11) is 0. The zero-order chi connectivity index (χ0) is 10.7. The van der Waals surface area contributed by atoms with E-state index in [1.807, 2.05) is 13.8 Å². The molecule has 1 aromatic heterocycles. The zero-order valence-electron chi connectivity index (χ0n) is 9.29. The second-order valence-corrected chi connectivity index (χ2v) is 4.06. The summed E-state index contributed by atoms with van der Waals surface area (Å²) in [6.07, 6.45) is 2.94. The Morgan fingerprint density at radius 1 is 1.53 bits per heavy atom. The first-order valence-corrected chi connectivity index (χ1v) is 5.37. The molecule has 1 unspecified atom stereocenters. The van der Waals surface area contributed by atoms with Gasteiger partial charge in [-0.2, -0.15) is 0 Å². The maximum absolute atomic E-state index is 5.32. The third-order valence-electron chi connectivity index (χ3n) is 2.66. The lowest BCUT2D eigenvalue weighted by molar-refractivity contribution is 0.187. The van der Waals surface area contributed by atoms with Crippen LogP contribution in [0.3, 0.4) is 0 Å². The molecule has 0 spiro atoms. The molecule has 0 saturated carbocycles. The molecule has 0 aromatic carbocycles. The summed E-state index contributed by atoms with van der Waals surface area (Å²) in [5.41, 5.74) is 1.91. The summed E-state index contributed by atoms with van der Waals surface area (Å²) >= 11 is 0. The minimum atomic E-state index is 0.617. The van der Waals surface area contributed by atoms with Gasteiger partial charge in [0.2, 0.25) is 0 Å². The van der Waals surface area contributed by atoms with Crippen LogP contribution in [0.5, 0.6) is 0 Å². The van der Waals surface area contributed by atoms with E-state index >= 15 is 0 Å². The Labute approximate surface area is 90.1 Å². The Hall–Kier alpha value is -1.16. The van der Waals surface area contributed by atoms with Crippen LogP contribution in [-0.4, -0.2) is 29.7 Å². The third-order valence-corrected chi connectivity index (χ3v) is 2.66. The van der Waals surface area contributed by atoms with Gasteiger partial charge in [0, 0.05) is 25.3 Å². The summed E-state index contributed by atoms with van der Waals surface area (Å²) in [5.74, 6) is 1.52. The second kappa shape index (κ2) is 4.57. The molecular weight excluding hydrogens is 190 g/mol. The first-order chi connectivity index (χ1) is 7.25. The van der Waals surface area contributed by atoms with Gasteiger partial charge in [0.25, 0.3) is 0 Å². The maximum atomic E-state index is 5.32. The lowest BCUT2D eigenvalue weighted by atomic mass is 10.1.